The lowest BCUT2D eigenvalue weighted by atomic mass is 9.79. The van der Waals surface area contributed by atoms with Gasteiger partial charge in [-0.05, 0) is 32.0 Å². The molecule has 0 bridgehead atoms. The molecule has 2 aromatic rings. The average molecular weight is 420 g/mol. The molecule has 0 aromatic carbocycles. The Balaban J connectivity index is 0.00000182. The van der Waals surface area contributed by atoms with Gasteiger partial charge in [0.2, 0.25) is 0 Å². The summed E-state index contributed by atoms with van der Waals surface area (Å²) >= 11 is 0. The van der Waals surface area contributed by atoms with Gasteiger partial charge < -0.3 is 15.4 Å². The number of fused-ring (bicyclic) bond motifs is 1. The monoisotopic (exact) mass is 419 g/mol. The summed E-state index contributed by atoms with van der Waals surface area (Å²) in [5, 5.41) is 6.39. The minimum Gasteiger partial charge on any atom is -0.384 e. The van der Waals surface area contributed by atoms with Gasteiger partial charge in [0, 0.05) is 25.3 Å². The number of methoxy groups -OCH3 is 1. The van der Waals surface area contributed by atoms with E-state index in [4.69, 9.17) is 4.74 Å². The molecule has 0 spiro atoms. The van der Waals surface area contributed by atoms with Gasteiger partial charge in [-0.1, -0.05) is 0 Å². The Morgan fingerprint density at radius 2 is 1.96 bits per heavy atom. The Kier molecular flexibility index (Phi) is 8.42. The second-order valence-corrected chi connectivity index (χ2v) is 6.39. The molecule has 1 fully saturated rings. The summed E-state index contributed by atoms with van der Waals surface area (Å²) in [7, 11) is 1.66. The minimum atomic E-state index is -0.630. The van der Waals surface area contributed by atoms with Crippen molar-refractivity contribution in [1.29, 1.82) is 0 Å². The zero-order chi connectivity index (χ0) is 17.9. The molecule has 4 N–H and O–H groups in total. The van der Waals surface area contributed by atoms with E-state index in [-0.39, 0.29) is 52.7 Å². The van der Waals surface area contributed by atoms with E-state index in [2.05, 4.69) is 25.6 Å². The normalized spacial score (nSPS) is 15.4. The highest BCUT2D eigenvalue weighted by molar-refractivity contribution is 5.96. The number of aromatic amines is 2. The SMILES string of the molecule is COCC1(CNC(=O)c2cnc3[nH]c(=O)[nH]c(=O)c3c2)CCNCC1.Cl.Cl. The van der Waals surface area contributed by atoms with Crippen LogP contribution in [0.5, 0.6) is 0 Å². The standard InChI is InChI=1S/C16H21N5O4.2ClH/c1-25-9-16(2-4-17-5-3-16)8-19-13(22)10-6-11-12(18-7-10)20-15(24)21-14(11)23;;/h6-7,17H,2-5,8-9H2,1H3,(H,19,22)(H2,18,20,21,23,24);2*1H. The zero-order valence-corrected chi connectivity index (χ0v) is 16.4. The predicted molar refractivity (Wildman–Crippen MR) is 106 cm³/mol. The van der Waals surface area contributed by atoms with Crippen LogP contribution in [0.1, 0.15) is 23.2 Å². The van der Waals surface area contributed by atoms with E-state index in [1.54, 1.807) is 7.11 Å². The first kappa shape index (κ1) is 23.1. The van der Waals surface area contributed by atoms with Crippen molar-refractivity contribution in [1.82, 2.24) is 25.6 Å². The fourth-order valence-corrected chi connectivity index (χ4v) is 3.18. The molecule has 1 aliphatic heterocycles. The number of halogens is 2. The lowest BCUT2D eigenvalue weighted by Gasteiger charge is -2.37. The van der Waals surface area contributed by atoms with Crippen LogP contribution in [0.25, 0.3) is 11.0 Å². The molecular weight excluding hydrogens is 397 g/mol. The van der Waals surface area contributed by atoms with E-state index >= 15 is 0 Å². The molecule has 11 heteroatoms. The third-order valence-electron chi connectivity index (χ3n) is 4.59. The summed E-state index contributed by atoms with van der Waals surface area (Å²) in [4.78, 5) is 44.1. The molecule has 1 aliphatic rings. The van der Waals surface area contributed by atoms with Crippen LogP contribution in [-0.4, -0.2) is 54.2 Å². The maximum Gasteiger partial charge on any atom is 0.327 e. The van der Waals surface area contributed by atoms with Crippen LogP contribution in [-0.2, 0) is 4.74 Å². The molecule has 9 nitrogen and oxygen atoms in total. The highest BCUT2D eigenvalue weighted by atomic mass is 35.5. The Morgan fingerprint density at radius 3 is 2.63 bits per heavy atom. The van der Waals surface area contributed by atoms with Crippen molar-refractivity contribution in [3.05, 3.63) is 38.7 Å². The predicted octanol–water partition coefficient (Wildman–Crippen LogP) is 0.201. The smallest absolute Gasteiger partial charge is 0.327 e. The Hall–Kier alpha value is -1.94. The zero-order valence-electron chi connectivity index (χ0n) is 14.8. The lowest BCUT2D eigenvalue weighted by molar-refractivity contribution is 0.0511. The Labute approximate surface area is 167 Å². The molecule has 3 rings (SSSR count). The number of ether oxygens (including phenoxy) is 1. The van der Waals surface area contributed by atoms with Gasteiger partial charge in [-0.25, -0.2) is 9.78 Å². The van der Waals surface area contributed by atoms with Gasteiger partial charge in [0.1, 0.15) is 5.65 Å². The molecule has 0 aliphatic carbocycles. The summed E-state index contributed by atoms with van der Waals surface area (Å²) < 4.78 is 5.34. The maximum absolute atomic E-state index is 12.5. The average Bonchev–Trinajstić information content (AvgIpc) is 2.60. The van der Waals surface area contributed by atoms with Gasteiger partial charge in [-0.2, -0.15) is 0 Å². The number of H-pyrrole nitrogens is 2. The van der Waals surface area contributed by atoms with Crippen molar-refractivity contribution in [2.75, 3.05) is 33.4 Å². The third-order valence-corrected chi connectivity index (χ3v) is 4.59. The van der Waals surface area contributed by atoms with Crippen LogP contribution in [0.3, 0.4) is 0 Å². The fourth-order valence-electron chi connectivity index (χ4n) is 3.18. The molecular formula is C16H23Cl2N5O4. The van der Waals surface area contributed by atoms with E-state index in [0.717, 1.165) is 25.9 Å². The van der Waals surface area contributed by atoms with Crippen molar-refractivity contribution in [2.24, 2.45) is 5.41 Å². The largest absolute Gasteiger partial charge is 0.384 e. The Morgan fingerprint density at radius 1 is 1.26 bits per heavy atom. The highest BCUT2D eigenvalue weighted by Crippen LogP contribution is 2.28. The number of rotatable bonds is 5. The molecule has 1 amide bonds. The van der Waals surface area contributed by atoms with Crippen molar-refractivity contribution in [2.45, 2.75) is 12.8 Å². The molecule has 2 aromatic heterocycles. The second-order valence-electron chi connectivity index (χ2n) is 6.39. The van der Waals surface area contributed by atoms with Crippen LogP contribution >= 0.6 is 24.8 Å². The van der Waals surface area contributed by atoms with Crippen molar-refractivity contribution in [3.63, 3.8) is 0 Å². The summed E-state index contributed by atoms with van der Waals surface area (Å²) in [6, 6.07) is 1.43. The van der Waals surface area contributed by atoms with Gasteiger partial charge in [-0.3, -0.25) is 19.6 Å². The summed E-state index contributed by atoms with van der Waals surface area (Å²) in [5.41, 5.74) is -0.876. The van der Waals surface area contributed by atoms with E-state index in [0.29, 0.717) is 13.2 Å². The number of hydrogen-bond acceptors (Lipinski definition) is 6. The number of aromatic nitrogens is 3. The number of nitrogens with one attached hydrogen (secondary N) is 4. The number of hydrogen-bond donors (Lipinski definition) is 4. The summed E-state index contributed by atoms with van der Waals surface area (Å²) in [6.07, 6.45) is 3.18. The number of pyridine rings is 1. The molecule has 3 heterocycles. The van der Waals surface area contributed by atoms with Crippen LogP contribution in [0.4, 0.5) is 0 Å². The molecule has 0 radical (unpaired) electrons. The quantitative estimate of drug-likeness (QED) is 0.547. The number of carbonyl (C=O) groups is 1. The van der Waals surface area contributed by atoms with Crippen LogP contribution in [0.15, 0.2) is 21.9 Å². The van der Waals surface area contributed by atoms with Crippen molar-refractivity contribution in [3.8, 4) is 0 Å². The van der Waals surface area contributed by atoms with E-state index in [1.807, 2.05) is 0 Å². The van der Waals surface area contributed by atoms with E-state index in [1.165, 1.54) is 12.3 Å². The fraction of sp³-hybridized carbons (Fsp3) is 0.500. The lowest BCUT2D eigenvalue weighted by Crippen LogP contribution is -2.47. The molecule has 27 heavy (non-hydrogen) atoms. The molecule has 1 saturated heterocycles. The summed E-state index contributed by atoms with van der Waals surface area (Å²) in [5.74, 6) is -0.311. The first-order valence-electron chi connectivity index (χ1n) is 8.13. The summed E-state index contributed by atoms with van der Waals surface area (Å²) in [6.45, 7) is 2.84. The van der Waals surface area contributed by atoms with Gasteiger partial charge in [0.05, 0.1) is 17.6 Å². The van der Waals surface area contributed by atoms with Gasteiger partial charge in [0.25, 0.3) is 11.5 Å². The molecule has 0 unspecified atom stereocenters. The number of amides is 1. The number of carbonyl (C=O) groups excluding carboxylic acids is 1. The van der Waals surface area contributed by atoms with Crippen LogP contribution in [0.2, 0.25) is 0 Å². The van der Waals surface area contributed by atoms with Gasteiger partial charge >= 0.3 is 5.69 Å². The second kappa shape index (κ2) is 9.84. The maximum atomic E-state index is 12.5. The first-order valence-corrected chi connectivity index (χ1v) is 8.13. The van der Waals surface area contributed by atoms with Crippen molar-refractivity contribution < 1.29 is 9.53 Å². The Bertz CT molecular complexity index is 887. The van der Waals surface area contributed by atoms with E-state index in [9.17, 15) is 14.4 Å². The van der Waals surface area contributed by atoms with E-state index < -0.39 is 11.2 Å². The topological polar surface area (TPSA) is 129 Å². The van der Waals surface area contributed by atoms with Crippen LogP contribution < -0.4 is 21.9 Å². The highest BCUT2D eigenvalue weighted by Gasteiger charge is 2.32. The molecule has 0 saturated carbocycles. The number of nitrogens with zero attached hydrogens (tertiary/aromatic N) is 1. The van der Waals surface area contributed by atoms with Crippen LogP contribution in [0, 0.1) is 5.41 Å². The van der Waals surface area contributed by atoms with Gasteiger partial charge in [-0.15, -0.1) is 24.8 Å². The molecule has 0 atom stereocenters. The molecule has 150 valence electrons. The third kappa shape index (κ3) is 5.29. The van der Waals surface area contributed by atoms with Gasteiger partial charge in [0.15, 0.2) is 0 Å². The minimum absolute atomic E-state index is 0. The first-order chi connectivity index (χ1) is 12.0. The van der Waals surface area contributed by atoms with Crippen molar-refractivity contribution >= 4 is 41.8 Å². The number of piperidine rings is 1.